The van der Waals surface area contributed by atoms with Crippen molar-refractivity contribution in [1.29, 1.82) is 0 Å². The molecule has 2 heterocycles. The predicted molar refractivity (Wildman–Crippen MR) is 88.4 cm³/mol. The third-order valence-electron chi connectivity index (χ3n) is 5.32. The number of piperidine rings is 1. The predicted octanol–water partition coefficient (Wildman–Crippen LogP) is 4.60. The van der Waals surface area contributed by atoms with Gasteiger partial charge in [0, 0.05) is 24.6 Å². The lowest BCUT2D eigenvalue weighted by Crippen LogP contribution is -2.47. The molecule has 1 unspecified atom stereocenters. The third kappa shape index (κ3) is 2.96. The molecule has 2 aliphatic heterocycles. The summed E-state index contributed by atoms with van der Waals surface area (Å²) in [5, 5.41) is 1.30. The van der Waals surface area contributed by atoms with Gasteiger partial charge < -0.3 is 9.64 Å². The lowest BCUT2D eigenvalue weighted by molar-refractivity contribution is 0.0253. The highest BCUT2D eigenvalue weighted by molar-refractivity contribution is 6.42. The van der Waals surface area contributed by atoms with E-state index < -0.39 is 0 Å². The molecule has 21 heavy (non-hydrogen) atoms. The lowest BCUT2D eigenvalue weighted by atomic mass is 9.76. The normalized spacial score (nSPS) is 32.6. The first kappa shape index (κ1) is 15.6. The van der Waals surface area contributed by atoms with Gasteiger partial charge in [-0.05, 0) is 56.8 Å². The Morgan fingerprint density at radius 1 is 1.24 bits per heavy atom. The van der Waals surface area contributed by atoms with Crippen molar-refractivity contribution in [3.05, 3.63) is 33.8 Å². The Morgan fingerprint density at radius 3 is 2.76 bits per heavy atom. The molecule has 4 atom stereocenters. The van der Waals surface area contributed by atoms with Crippen molar-refractivity contribution in [1.82, 2.24) is 4.90 Å². The molecule has 2 saturated heterocycles. The summed E-state index contributed by atoms with van der Waals surface area (Å²) >= 11 is 12.3. The summed E-state index contributed by atoms with van der Waals surface area (Å²) in [6, 6.07) is 7.46. The van der Waals surface area contributed by atoms with Crippen molar-refractivity contribution >= 4 is 23.2 Å². The van der Waals surface area contributed by atoms with Gasteiger partial charge in [0.2, 0.25) is 0 Å². The number of rotatable bonds is 4. The van der Waals surface area contributed by atoms with Gasteiger partial charge in [0.25, 0.3) is 0 Å². The number of benzene rings is 1. The van der Waals surface area contributed by atoms with E-state index in [2.05, 4.69) is 31.0 Å². The standard InChI is InChI=1S/C17H23Cl2NO/c1-3-21-10-14-13(9-12-5-7-17(14)20(12)2)11-4-6-15(18)16(19)8-11/h4,6,8,12-14,17H,3,5,7,9-10H2,1-2H3/t12-,13?,14+,17+/m0/s1. The van der Waals surface area contributed by atoms with Gasteiger partial charge in [-0.25, -0.2) is 0 Å². The van der Waals surface area contributed by atoms with Crippen molar-refractivity contribution in [3.8, 4) is 0 Å². The quantitative estimate of drug-likeness (QED) is 0.801. The second kappa shape index (κ2) is 6.45. The minimum absolute atomic E-state index is 0.528. The van der Waals surface area contributed by atoms with Crippen molar-refractivity contribution in [2.45, 2.75) is 44.2 Å². The molecule has 2 bridgehead atoms. The van der Waals surface area contributed by atoms with Crippen molar-refractivity contribution < 1.29 is 4.74 Å². The van der Waals surface area contributed by atoms with Crippen LogP contribution in [0.3, 0.4) is 0 Å². The second-order valence-corrected chi connectivity index (χ2v) is 7.12. The van der Waals surface area contributed by atoms with Crippen molar-refractivity contribution in [3.63, 3.8) is 0 Å². The summed E-state index contributed by atoms with van der Waals surface area (Å²) < 4.78 is 5.79. The minimum Gasteiger partial charge on any atom is -0.381 e. The first-order valence-corrected chi connectivity index (χ1v) is 8.62. The van der Waals surface area contributed by atoms with Crippen LogP contribution in [0, 0.1) is 5.92 Å². The van der Waals surface area contributed by atoms with Gasteiger partial charge in [-0.1, -0.05) is 29.3 Å². The van der Waals surface area contributed by atoms with Gasteiger partial charge in [-0.15, -0.1) is 0 Å². The Bertz CT molecular complexity index is 508. The number of hydrogen-bond donors (Lipinski definition) is 0. The number of halogens is 2. The first-order chi connectivity index (χ1) is 10.1. The van der Waals surface area contributed by atoms with Crippen LogP contribution in [-0.2, 0) is 4.74 Å². The Labute approximate surface area is 137 Å². The van der Waals surface area contributed by atoms with Crippen molar-refractivity contribution in [2.24, 2.45) is 5.92 Å². The van der Waals surface area contributed by atoms with E-state index in [0.717, 1.165) is 13.2 Å². The largest absolute Gasteiger partial charge is 0.381 e. The molecular formula is C17H23Cl2NO. The minimum atomic E-state index is 0.528. The summed E-state index contributed by atoms with van der Waals surface area (Å²) in [7, 11) is 2.27. The second-order valence-electron chi connectivity index (χ2n) is 6.30. The van der Waals surface area contributed by atoms with Gasteiger partial charge in [0.15, 0.2) is 0 Å². The van der Waals surface area contributed by atoms with Gasteiger partial charge in [0.1, 0.15) is 0 Å². The van der Waals surface area contributed by atoms with Gasteiger partial charge in [-0.2, -0.15) is 0 Å². The maximum atomic E-state index is 6.23. The summed E-state index contributed by atoms with van der Waals surface area (Å²) in [5.41, 5.74) is 1.32. The van der Waals surface area contributed by atoms with Crippen molar-refractivity contribution in [2.75, 3.05) is 20.3 Å². The molecule has 1 aromatic rings. The van der Waals surface area contributed by atoms with Crippen LogP contribution in [0.25, 0.3) is 0 Å². The molecule has 3 rings (SSSR count). The maximum Gasteiger partial charge on any atom is 0.0595 e. The topological polar surface area (TPSA) is 12.5 Å². The number of ether oxygens (including phenoxy) is 1. The molecular weight excluding hydrogens is 305 g/mol. The molecule has 0 amide bonds. The summed E-state index contributed by atoms with van der Waals surface area (Å²) in [4.78, 5) is 2.57. The van der Waals surface area contributed by atoms with Crippen LogP contribution >= 0.6 is 23.2 Å². The van der Waals surface area contributed by atoms with E-state index in [-0.39, 0.29) is 0 Å². The maximum absolute atomic E-state index is 6.23. The monoisotopic (exact) mass is 327 g/mol. The molecule has 2 aliphatic rings. The third-order valence-corrected chi connectivity index (χ3v) is 6.06. The molecule has 4 heteroatoms. The van der Waals surface area contributed by atoms with E-state index in [1.165, 1.54) is 24.8 Å². The van der Waals surface area contributed by atoms with Gasteiger partial charge in [0.05, 0.1) is 16.7 Å². The first-order valence-electron chi connectivity index (χ1n) is 7.86. The zero-order chi connectivity index (χ0) is 15.0. The number of hydrogen-bond acceptors (Lipinski definition) is 2. The van der Waals surface area contributed by atoms with Crippen LogP contribution in [0.4, 0.5) is 0 Å². The van der Waals surface area contributed by atoms with Gasteiger partial charge >= 0.3 is 0 Å². The van der Waals surface area contributed by atoms with Crippen LogP contribution in [0.15, 0.2) is 18.2 Å². The number of nitrogens with zero attached hydrogens (tertiary/aromatic N) is 1. The average Bonchev–Trinajstić information content (AvgIpc) is 2.72. The summed E-state index contributed by atoms with van der Waals surface area (Å²) in [6.45, 7) is 3.69. The SMILES string of the molecule is CCOC[C@@H]1C(c2ccc(Cl)c(Cl)c2)C[C@@H]2CC[C@H]1N2C. The number of fused-ring (bicyclic) bond motifs is 2. The fourth-order valence-electron chi connectivity index (χ4n) is 4.18. The molecule has 0 saturated carbocycles. The van der Waals surface area contributed by atoms with E-state index in [1.807, 2.05) is 6.07 Å². The Morgan fingerprint density at radius 2 is 2.05 bits per heavy atom. The van der Waals surface area contributed by atoms with E-state index in [4.69, 9.17) is 27.9 Å². The smallest absolute Gasteiger partial charge is 0.0595 e. The molecule has 2 fully saturated rings. The highest BCUT2D eigenvalue weighted by atomic mass is 35.5. The summed E-state index contributed by atoms with van der Waals surface area (Å²) in [6.07, 6.45) is 3.79. The molecule has 0 N–H and O–H groups in total. The molecule has 1 aromatic carbocycles. The van der Waals surface area contributed by atoms with Crippen LogP contribution in [0.2, 0.25) is 10.0 Å². The fraction of sp³-hybridized carbons (Fsp3) is 0.647. The fourth-order valence-corrected chi connectivity index (χ4v) is 4.49. The molecule has 0 aromatic heterocycles. The van der Waals surface area contributed by atoms with Gasteiger partial charge in [-0.3, -0.25) is 0 Å². The molecule has 0 radical (unpaired) electrons. The molecule has 2 nitrogen and oxygen atoms in total. The Balaban J connectivity index is 1.88. The zero-order valence-corrected chi connectivity index (χ0v) is 14.2. The van der Waals surface area contributed by atoms with E-state index in [9.17, 15) is 0 Å². The Hall–Kier alpha value is -0.280. The van der Waals surface area contributed by atoms with E-state index in [0.29, 0.717) is 34.0 Å². The van der Waals surface area contributed by atoms with Crippen LogP contribution in [0.1, 0.15) is 37.7 Å². The lowest BCUT2D eigenvalue weighted by Gasteiger charge is -2.43. The molecule has 0 aliphatic carbocycles. The van der Waals surface area contributed by atoms with Crippen LogP contribution in [-0.4, -0.2) is 37.2 Å². The Kier molecular flexibility index (Phi) is 4.80. The summed E-state index contributed by atoms with van der Waals surface area (Å²) in [5.74, 6) is 1.07. The molecule has 0 spiro atoms. The van der Waals surface area contributed by atoms with Crippen LogP contribution in [0.5, 0.6) is 0 Å². The van der Waals surface area contributed by atoms with E-state index in [1.54, 1.807) is 0 Å². The van der Waals surface area contributed by atoms with Crippen LogP contribution < -0.4 is 0 Å². The highest BCUT2D eigenvalue weighted by Crippen LogP contribution is 2.46. The molecule has 116 valence electrons. The zero-order valence-electron chi connectivity index (χ0n) is 12.7. The highest BCUT2D eigenvalue weighted by Gasteiger charge is 2.45. The average molecular weight is 328 g/mol. The van der Waals surface area contributed by atoms with E-state index >= 15 is 0 Å².